The molecule has 0 bridgehead atoms. The first-order valence-corrected chi connectivity index (χ1v) is 17.5. The van der Waals surface area contributed by atoms with Gasteiger partial charge in [0.15, 0.2) is 6.23 Å². The van der Waals surface area contributed by atoms with Crippen LogP contribution in [0.15, 0.2) is 51.6 Å². The van der Waals surface area contributed by atoms with Crippen LogP contribution in [0.25, 0.3) is 0 Å². The van der Waals surface area contributed by atoms with Crippen molar-refractivity contribution < 1.29 is 14.6 Å². The zero-order chi connectivity index (χ0) is 30.0. The van der Waals surface area contributed by atoms with Crippen molar-refractivity contribution in [1.82, 2.24) is 9.80 Å². The predicted molar refractivity (Wildman–Crippen MR) is 174 cm³/mol. The van der Waals surface area contributed by atoms with Gasteiger partial charge >= 0.3 is 0 Å². The Hall–Kier alpha value is -1.73. The summed E-state index contributed by atoms with van der Waals surface area (Å²) in [5, 5.41) is 11.7. The lowest BCUT2D eigenvalue weighted by Crippen LogP contribution is -2.48. The molecule has 2 saturated heterocycles. The summed E-state index contributed by atoms with van der Waals surface area (Å²) in [4.78, 5) is 23.5. The Morgan fingerprint density at radius 3 is 2.77 bits per heavy atom. The third kappa shape index (κ3) is 7.40. The second kappa shape index (κ2) is 13.7. The standard InChI is InChI=1S/C36H52ClN3O3/c1-36(2,42)27-14-17-33-32(22-27)30(31-10-6-19-38-34(31)43-33)11-7-20-39-21-18-29(24-39)40(23-25-12-15-28(37)16-13-25)35(41)26-8-4-3-5-9-26/h12,14-15,17,19,22,26,29-34,42H,3-11,13,16,18,20-21,23-24H2,1-2H3/t29-,30?,31?,32?,33?,34+/m0/s1. The van der Waals surface area contributed by atoms with Crippen molar-refractivity contribution >= 4 is 23.7 Å². The number of rotatable bonds is 9. The van der Waals surface area contributed by atoms with Gasteiger partial charge in [-0.3, -0.25) is 9.79 Å². The molecule has 1 N–H and O–H groups in total. The van der Waals surface area contributed by atoms with E-state index in [0.717, 1.165) is 94.6 Å². The summed E-state index contributed by atoms with van der Waals surface area (Å²) in [6.07, 6.45) is 25.8. The Bertz CT molecular complexity index is 1160. The van der Waals surface area contributed by atoms with Gasteiger partial charge in [0.25, 0.3) is 0 Å². The summed E-state index contributed by atoms with van der Waals surface area (Å²) >= 11 is 6.25. The lowest BCUT2D eigenvalue weighted by molar-refractivity contribution is -0.138. The molecule has 4 unspecified atom stereocenters. The smallest absolute Gasteiger partial charge is 0.226 e. The van der Waals surface area contributed by atoms with E-state index < -0.39 is 5.60 Å². The third-order valence-corrected chi connectivity index (χ3v) is 11.3. The molecule has 0 radical (unpaired) electrons. The molecule has 7 heteroatoms. The molecule has 0 aromatic heterocycles. The molecular formula is C36H52ClN3O3. The highest BCUT2D eigenvalue weighted by Crippen LogP contribution is 2.46. The number of fused-ring (bicyclic) bond motifs is 2. The Morgan fingerprint density at radius 1 is 1.16 bits per heavy atom. The van der Waals surface area contributed by atoms with Crippen LogP contribution in [0.2, 0.25) is 0 Å². The number of ether oxygens (including phenoxy) is 1. The number of aliphatic hydroxyl groups is 1. The van der Waals surface area contributed by atoms with Crippen LogP contribution in [0.1, 0.15) is 90.9 Å². The normalized spacial score (nSPS) is 33.3. The summed E-state index contributed by atoms with van der Waals surface area (Å²) in [6.45, 7) is 7.61. The SMILES string of the molecule is CC(C)(O)C1=CC2C(C=C1)O[C@H]1N=CCCC1C2CCCN1CC[C@H](N(CC2=CC=C(Cl)CC2)C(=O)C2CCCCC2)C1. The molecule has 0 aromatic carbocycles. The van der Waals surface area contributed by atoms with Crippen LogP contribution in [-0.2, 0) is 9.53 Å². The van der Waals surface area contributed by atoms with Crippen LogP contribution in [0.5, 0.6) is 0 Å². The topological polar surface area (TPSA) is 65.4 Å². The van der Waals surface area contributed by atoms with Crippen molar-refractivity contribution in [2.75, 3.05) is 26.2 Å². The Morgan fingerprint density at radius 2 is 2.00 bits per heavy atom. The summed E-state index contributed by atoms with van der Waals surface area (Å²) in [5.74, 6) is 1.79. The molecular weight excluding hydrogens is 558 g/mol. The van der Waals surface area contributed by atoms with E-state index in [-0.39, 0.29) is 24.2 Å². The first-order valence-electron chi connectivity index (χ1n) is 17.1. The van der Waals surface area contributed by atoms with E-state index in [9.17, 15) is 9.90 Å². The Labute approximate surface area is 264 Å². The highest BCUT2D eigenvalue weighted by atomic mass is 35.5. The third-order valence-electron chi connectivity index (χ3n) is 11.0. The molecule has 236 valence electrons. The van der Waals surface area contributed by atoms with Gasteiger partial charge in [0.2, 0.25) is 5.91 Å². The van der Waals surface area contributed by atoms with Crippen molar-refractivity contribution in [3.8, 4) is 0 Å². The maximum Gasteiger partial charge on any atom is 0.226 e. The minimum Gasteiger partial charge on any atom is -0.386 e. The quantitative estimate of drug-likeness (QED) is 0.312. The fraction of sp³-hybridized carbons (Fsp3) is 0.722. The fourth-order valence-electron chi connectivity index (χ4n) is 8.51. The molecule has 6 rings (SSSR count). The van der Waals surface area contributed by atoms with E-state index in [0.29, 0.717) is 23.8 Å². The molecule has 3 aliphatic heterocycles. The van der Waals surface area contributed by atoms with E-state index in [1.54, 1.807) is 0 Å². The number of carbonyl (C=O) groups excluding carboxylic acids is 1. The number of aliphatic imine (C=N–C) groups is 1. The molecule has 6 aliphatic rings. The first kappa shape index (κ1) is 31.3. The number of likely N-dealkylation sites (tertiary alicyclic amines) is 1. The number of carbonyl (C=O) groups is 1. The van der Waals surface area contributed by atoms with Gasteiger partial charge in [-0.2, -0.15) is 0 Å². The molecule has 0 spiro atoms. The number of hydrogen-bond donors (Lipinski definition) is 1. The first-order chi connectivity index (χ1) is 20.8. The second-order valence-electron chi connectivity index (χ2n) is 14.5. The Kier molecular flexibility index (Phi) is 9.98. The summed E-state index contributed by atoms with van der Waals surface area (Å²) in [7, 11) is 0. The highest BCUT2D eigenvalue weighted by molar-refractivity contribution is 6.29. The van der Waals surface area contributed by atoms with Crippen LogP contribution < -0.4 is 0 Å². The molecule has 1 saturated carbocycles. The number of amides is 1. The van der Waals surface area contributed by atoms with Gasteiger partial charge in [0, 0.05) is 54.7 Å². The van der Waals surface area contributed by atoms with Gasteiger partial charge in [-0.25, -0.2) is 0 Å². The van der Waals surface area contributed by atoms with Crippen LogP contribution in [0, 0.1) is 23.7 Å². The molecule has 3 fully saturated rings. The van der Waals surface area contributed by atoms with E-state index in [1.165, 1.54) is 24.8 Å². The van der Waals surface area contributed by atoms with E-state index >= 15 is 0 Å². The van der Waals surface area contributed by atoms with E-state index in [2.05, 4.69) is 28.0 Å². The molecule has 43 heavy (non-hydrogen) atoms. The summed E-state index contributed by atoms with van der Waals surface area (Å²) in [5.41, 5.74) is 1.48. The van der Waals surface area contributed by atoms with Crippen LogP contribution in [-0.4, -0.2) is 77.2 Å². The average Bonchev–Trinajstić information content (AvgIpc) is 3.48. The van der Waals surface area contributed by atoms with Crippen molar-refractivity contribution in [3.05, 3.63) is 46.6 Å². The monoisotopic (exact) mass is 609 g/mol. The maximum absolute atomic E-state index is 13.9. The van der Waals surface area contributed by atoms with Gasteiger partial charge in [0.1, 0.15) is 0 Å². The van der Waals surface area contributed by atoms with Crippen molar-refractivity contribution in [1.29, 1.82) is 0 Å². The number of allylic oxidation sites excluding steroid dienone is 3. The summed E-state index contributed by atoms with van der Waals surface area (Å²) < 4.78 is 6.47. The van der Waals surface area contributed by atoms with Crippen LogP contribution >= 0.6 is 11.6 Å². The molecule has 0 aromatic rings. The summed E-state index contributed by atoms with van der Waals surface area (Å²) in [6, 6.07) is 0.294. The molecule has 3 heterocycles. The van der Waals surface area contributed by atoms with Gasteiger partial charge in [0.05, 0.1) is 11.7 Å². The van der Waals surface area contributed by atoms with Gasteiger partial charge in [-0.1, -0.05) is 60.7 Å². The lowest BCUT2D eigenvalue weighted by Gasteiger charge is -2.47. The lowest BCUT2D eigenvalue weighted by atomic mass is 9.68. The maximum atomic E-state index is 13.9. The minimum absolute atomic E-state index is 0.0296. The molecule has 6 nitrogen and oxygen atoms in total. The Balaban J connectivity index is 1.09. The number of nitrogens with zero attached hydrogens (tertiary/aromatic N) is 3. The van der Waals surface area contributed by atoms with Crippen molar-refractivity contribution in [3.63, 3.8) is 0 Å². The molecule has 6 atom stereocenters. The average molecular weight is 610 g/mol. The van der Waals surface area contributed by atoms with Crippen molar-refractivity contribution in [2.24, 2.45) is 28.7 Å². The zero-order valence-electron chi connectivity index (χ0n) is 26.3. The molecule has 1 amide bonds. The zero-order valence-corrected chi connectivity index (χ0v) is 27.1. The van der Waals surface area contributed by atoms with E-state index in [4.69, 9.17) is 21.3 Å². The largest absolute Gasteiger partial charge is 0.386 e. The van der Waals surface area contributed by atoms with Gasteiger partial charge < -0.3 is 19.6 Å². The second-order valence-corrected chi connectivity index (χ2v) is 15.0. The highest BCUT2D eigenvalue weighted by Gasteiger charge is 2.45. The van der Waals surface area contributed by atoms with Crippen molar-refractivity contribution in [2.45, 2.75) is 115 Å². The van der Waals surface area contributed by atoms with Crippen LogP contribution in [0.3, 0.4) is 0 Å². The van der Waals surface area contributed by atoms with E-state index in [1.807, 2.05) is 32.2 Å². The van der Waals surface area contributed by atoms with Gasteiger partial charge in [-0.05, 0) is 95.7 Å². The minimum atomic E-state index is -0.852. The molecule has 3 aliphatic carbocycles. The van der Waals surface area contributed by atoms with Gasteiger partial charge in [-0.15, -0.1) is 0 Å². The fourth-order valence-corrected chi connectivity index (χ4v) is 8.66. The predicted octanol–water partition coefficient (Wildman–Crippen LogP) is 6.80. The number of halogens is 1. The van der Waals surface area contributed by atoms with Crippen LogP contribution in [0.4, 0.5) is 0 Å². The number of hydrogen-bond acceptors (Lipinski definition) is 5.